The zero-order valence-electron chi connectivity index (χ0n) is 8.53. The van der Waals surface area contributed by atoms with Crippen LogP contribution in [0.2, 0.25) is 0 Å². The molecule has 0 aromatic heterocycles. The van der Waals surface area contributed by atoms with Crippen molar-refractivity contribution in [3.05, 3.63) is 35.9 Å². The normalized spacial score (nSPS) is 12.3. The van der Waals surface area contributed by atoms with E-state index < -0.39 is 12.1 Å². The molecule has 1 rings (SSSR count). The minimum Gasteiger partial charge on any atom is -0.479 e. The van der Waals surface area contributed by atoms with E-state index in [4.69, 9.17) is 5.11 Å². The van der Waals surface area contributed by atoms with Crippen molar-refractivity contribution in [3.63, 3.8) is 0 Å². The molecule has 15 heavy (non-hydrogen) atoms. The highest BCUT2D eigenvalue weighted by molar-refractivity contribution is 5.71. The smallest absolute Gasteiger partial charge is 0.338 e. The van der Waals surface area contributed by atoms with Gasteiger partial charge in [0.05, 0.1) is 0 Å². The van der Waals surface area contributed by atoms with Gasteiger partial charge in [-0.15, -0.1) is 0 Å². The molecule has 1 aromatic rings. The first-order chi connectivity index (χ1) is 7.20. The number of hydrogen-bond acceptors (Lipinski definition) is 1. The summed E-state index contributed by atoms with van der Waals surface area (Å²) in [7, 11) is 0. The van der Waals surface area contributed by atoms with Crippen LogP contribution < -0.4 is 0 Å². The summed E-state index contributed by atoms with van der Waals surface area (Å²) in [5.74, 6) is -1.35. The number of carbonyl (C=O) groups is 1. The zero-order valence-corrected chi connectivity index (χ0v) is 8.53. The minimum absolute atomic E-state index is 0.113. The van der Waals surface area contributed by atoms with Crippen molar-refractivity contribution in [1.82, 2.24) is 0 Å². The Morgan fingerprint density at radius 3 is 2.53 bits per heavy atom. The number of carboxylic acid groups (broad SMARTS) is 1. The molecule has 0 radical (unpaired) electrons. The highest BCUT2D eigenvalue weighted by Crippen LogP contribution is 2.09. The first kappa shape index (κ1) is 11.7. The van der Waals surface area contributed by atoms with Gasteiger partial charge in [-0.3, -0.25) is 0 Å². The SMILES string of the molecule is O=C(O)C(F)CCCCc1ccccc1. The van der Waals surface area contributed by atoms with Crippen LogP contribution in [0.15, 0.2) is 30.3 Å². The third-order valence-electron chi connectivity index (χ3n) is 2.28. The molecule has 82 valence electrons. The summed E-state index contributed by atoms with van der Waals surface area (Å²) in [6.07, 6.45) is 0.732. The molecular formula is C12H15FO2. The van der Waals surface area contributed by atoms with Gasteiger partial charge in [-0.2, -0.15) is 0 Å². The summed E-state index contributed by atoms with van der Waals surface area (Å²) in [6, 6.07) is 9.91. The maximum atomic E-state index is 12.7. The molecule has 1 aromatic carbocycles. The Hall–Kier alpha value is -1.38. The van der Waals surface area contributed by atoms with Gasteiger partial charge in [0.15, 0.2) is 6.17 Å². The molecule has 0 heterocycles. The lowest BCUT2D eigenvalue weighted by Gasteiger charge is -2.03. The van der Waals surface area contributed by atoms with Crippen molar-refractivity contribution in [1.29, 1.82) is 0 Å². The van der Waals surface area contributed by atoms with E-state index in [0.29, 0.717) is 6.42 Å². The van der Waals surface area contributed by atoms with E-state index in [9.17, 15) is 9.18 Å². The second-order valence-corrected chi connectivity index (χ2v) is 3.54. The van der Waals surface area contributed by atoms with E-state index in [-0.39, 0.29) is 6.42 Å². The molecular weight excluding hydrogens is 195 g/mol. The zero-order chi connectivity index (χ0) is 11.1. The molecule has 0 amide bonds. The van der Waals surface area contributed by atoms with E-state index in [2.05, 4.69) is 0 Å². The summed E-state index contributed by atoms with van der Waals surface area (Å²) in [5, 5.41) is 8.32. The number of halogens is 1. The predicted octanol–water partition coefficient (Wildman–Crippen LogP) is 2.82. The number of rotatable bonds is 6. The Morgan fingerprint density at radius 1 is 1.27 bits per heavy atom. The van der Waals surface area contributed by atoms with Gasteiger partial charge in [0.1, 0.15) is 0 Å². The number of benzene rings is 1. The largest absolute Gasteiger partial charge is 0.479 e. The molecule has 1 N–H and O–H groups in total. The fraction of sp³-hybridized carbons (Fsp3) is 0.417. The van der Waals surface area contributed by atoms with E-state index in [0.717, 1.165) is 12.8 Å². The van der Waals surface area contributed by atoms with Gasteiger partial charge < -0.3 is 5.11 Å². The maximum Gasteiger partial charge on any atom is 0.338 e. The molecule has 0 saturated heterocycles. The van der Waals surface area contributed by atoms with Crippen molar-refractivity contribution >= 4 is 5.97 Å². The standard InChI is InChI=1S/C12H15FO2/c13-11(12(14)15)9-5-4-8-10-6-2-1-3-7-10/h1-3,6-7,11H,4-5,8-9H2,(H,14,15). The summed E-state index contributed by atoms with van der Waals surface area (Å²) in [6.45, 7) is 0. The van der Waals surface area contributed by atoms with E-state index in [1.807, 2.05) is 30.3 Å². The lowest BCUT2D eigenvalue weighted by atomic mass is 10.1. The Morgan fingerprint density at radius 2 is 1.93 bits per heavy atom. The Bertz CT molecular complexity index is 298. The van der Waals surface area contributed by atoms with Crippen LogP contribution in [0.1, 0.15) is 24.8 Å². The van der Waals surface area contributed by atoms with Gasteiger partial charge >= 0.3 is 5.97 Å². The molecule has 0 fully saturated rings. The van der Waals surface area contributed by atoms with Gasteiger partial charge in [-0.1, -0.05) is 30.3 Å². The van der Waals surface area contributed by atoms with E-state index in [1.54, 1.807) is 0 Å². The van der Waals surface area contributed by atoms with Crippen molar-refractivity contribution in [2.45, 2.75) is 31.9 Å². The molecule has 0 aliphatic rings. The third-order valence-corrected chi connectivity index (χ3v) is 2.28. The van der Waals surface area contributed by atoms with Crippen LogP contribution in [0.3, 0.4) is 0 Å². The summed E-state index contributed by atoms with van der Waals surface area (Å²) in [4.78, 5) is 10.2. The van der Waals surface area contributed by atoms with Crippen LogP contribution in [0.4, 0.5) is 4.39 Å². The van der Waals surface area contributed by atoms with Crippen LogP contribution >= 0.6 is 0 Å². The van der Waals surface area contributed by atoms with Crippen LogP contribution in [0.25, 0.3) is 0 Å². The first-order valence-corrected chi connectivity index (χ1v) is 5.11. The molecule has 0 saturated carbocycles. The summed E-state index contributed by atoms with van der Waals surface area (Å²) >= 11 is 0. The van der Waals surface area contributed by atoms with Gasteiger partial charge in [0, 0.05) is 0 Å². The Kier molecular flexibility index (Phi) is 4.81. The Balaban J connectivity index is 2.15. The monoisotopic (exact) mass is 210 g/mol. The average molecular weight is 210 g/mol. The number of aliphatic carboxylic acids is 1. The van der Waals surface area contributed by atoms with Crippen molar-refractivity contribution in [2.75, 3.05) is 0 Å². The summed E-state index contributed by atoms with van der Waals surface area (Å²) < 4.78 is 12.7. The number of alkyl halides is 1. The Labute approximate surface area is 88.7 Å². The first-order valence-electron chi connectivity index (χ1n) is 5.11. The predicted molar refractivity (Wildman–Crippen MR) is 56.5 cm³/mol. The maximum absolute atomic E-state index is 12.7. The third kappa shape index (κ3) is 4.58. The molecule has 1 unspecified atom stereocenters. The molecule has 0 bridgehead atoms. The van der Waals surface area contributed by atoms with Gasteiger partial charge in [-0.25, -0.2) is 9.18 Å². The molecule has 0 aliphatic carbocycles. The van der Waals surface area contributed by atoms with Crippen LogP contribution in [-0.4, -0.2) is 17.2 Å². The average Bonchev–Trinajstić information content (AvgIpc) is 2.25. The van der Waals surface area contributed by atoms with E-state index >= 15 is 0 Å². The minimum atomic E-state index is -1.71. The fourth-order valence-electron chi connectivity index (χ4n) is 1.42. The molecule has 3 heteroatoms. The van der Waals surface area contributed by atoms with Crippen LogP contribution in [0, 0.1) is 0 Å². The highest BCUT2D eigenvalue weighted by atomic mass is 19.1. The highest BCUT2D eigenvalue weighted by Gasteiger charge is 2.14. The quantitative estimate of drug-likeness (QED) is 0.733. The number of carboxylic acids is 1. The number of hydrogen-bond donors (Lipinski definition) is 1. The fourth-order valence-corrected chi connectivity index (χ4v) is 1.42. The van der Waals surface area contributed by atoms with Gasteiger partial charge in [0.2, 0.25) is 0 Å². The molecule has 2 nitrogen and oxygen atoms in total. The van der Waals surface area contributed by atoms with Gasteiger partial charge in [-0.05, 0) is 31.2 Å². The van der Waals surface area contributed by atoms with Gasteiger partial charge in [0.25, 0.3) is 0 Å². The lowest BCUT2D eigenvalue weighted by molar-refractivity contribution is -0.143. The molecule has 0 aliphatic heterocycles. The lowest BCUT2D eigenvalue weighted by Crippen LogP contribution is -2.13. The van der Waals surface area contributed by atoms with Crippen LogP contribution in [-0.2, 0) is 11.2 Å². The van der Waals surface area contributed by atoms with Crippen molar-refractivity contribution < 1.29 is 14.3 Å². The number of aryl methyl sites for hydroxylation is 1. The second kappa shape index (κ2) is 6.17. The molecule has 1 atom stereocenters. The summed E-state index contributed by atoms with van der Waals surface area (Å²) in [5.41, 5.74) is 1.21. The second-order valence-electron chi connectivity index (χ2n) is 3.54. The molecule has 0 spiro atoms. The van der Waals surface area contributed by atoms with Crippen LogP contribution in [0.5, 0.6) is 0 Å². The topological polar surface area (TPSA) is 37.3 Å². The van der Waals surface area contributed by atoms with Crippen molar-refractivity contribution in [3.8, 4) is 0 Å². The number of unbranched alkanes of at least 4 members (excludes halogenated alkanes) is 1. The van der Waals surface area contributed by atoms with Crippen molar-refractivity contribution in [2.24, 2.45) is 0 Å². The van der Waals surface area contributed by atoms with E-state index in [1.165, 1.54) is 5.56 Å².